The van der Waals surface area contributed by atoms with Crippen LogP contribution in [-0.4, -0.2) is 33.3 Å². The van der Waals surface area contributed by atoms with Gasteiger partial charge in [0.25, 0.3) is 5.91 Å². The van der Waals surface area contributed by atoms with Crippen LogP contribution in [0.15, 0.2) is 30.3 Å². The van der Waals surface area contributed by atoms with Gasteiger partial charge in [0.05, 0.1) is 12.2 Å². The molecule has 2 aromatic rings. The summed E-state index contributed by atoms with van der Waals surface area (Å²) in [5.74, 6) is -0.994. The van der Waals surface area contributed by atoms with Gasteiger partial charge in [-0.3, -0.25) is 4.79 Å². The smallest absolute Gasteiger partial charge is 0.331 e. The van der Waals surface area contributed by atoms with E-state index in [9.17, 15) is 9.59 Å². The van der Waals surface area contributed by atoms with E-state index in [4.69, 9.17) is 27.9 Å². The van der Waals surface area contributed by atoms with E-state index < -0.39 is 17.6 Å². The standard InChI is InChI=1S/C21H25Cl2N3O3/c1-13-17(10-11-18(27)29-14(2)20(28)24-21(3,4)5)19(23)26(25-13)12-15-6-8-16(22)9-7-15/h6-11,14H,12H2,1-5H3,(H,24,28)/b11-10+. The summed E-state index contributed by atoms with van der Waals surface area (Å²) in [6, 6.07) is 7.39. The maximum atomic E-state index is 12.1. The highest BCUT2D eigenvalue weighted by Gasteiger charge is 2.21. The normalized spacial score (nSPS) is 12.8. The van der Waals surface area contributed by atoms with E-state index in [1.54, 1.807) is 29.8 Å². The number of carbonyl (C=O) groups is 2. The molecule has 1 N–H and O–H groups in total. The lowest BCUT2D eigenvalue weighted by Gasteiger charge is -2.22. The third kappa shape index (κ3) is 6.91. The Kier molecular flexibility index (Phi) is 7.49. The summed E-state index contributed by atoms with van der Waals surface area (Å²) in [5.41, 5.74) is 1.88. The number of hydrogen-bond acceptors (Lipinski definition) is 4. The largest absolute Gasteiger partial charge is 0.449 e. The number of hydrogen-bond donors (Lipinski definition) is 1. The molecule has 2 rings (SSSR count). The molecular formula is C21H25Cl2N3O3. The van der Waals surface area contributed by atoms with Crippen molar-refractivity contribution in [3.8, 4) is 0 Å². The van der Waals surface area contributed by atoms with Crippen LogP contribution >= 0.6 is 23.2 Å². The predicted molar refractivity (Wildman–Crippen MR) is 115 cm³/mol. The van der Waals surface area contributed by atoms with E-state index in [1.807, 2.05) is 32.9 Å². The van der Waals surface area contributed by atoms with E-state index in [0.29, 0.717) is 28.0 Å². The van der Waals surface area contributed by atoms with Gasteiger partial charge >= 0.3 is 5.97 Å². The lowest BCUT2D eigenvalue weighted by Crippen LogP contribution is -2.46. The molecule has 1 aromatic heterocycles. The first-order chi connectivity index (χ1) is 13.5. The molecule has 6 nitrogen and oxygen atoms in total. The van der Waals surface area contributed by atoms with Gasteiger partial charge in [0.1, 0.15) is 5.15 Å². The Labute approximate surface area is 180 Å². The van der Waals surface area contributed by atoms with Crippen molar-refractivity contribution in [1.82, 2.24) is 15.1 Å². The first kappa shape index (κ1) is 23.0. The van der Waals surface area contributed by atoms with E-state index in [1.165, 1.54) is 13.0 Å². The molecule has 156 valence electrons. The van der Waals surface area contributed by atoms with Crippen LogP contribution in [0, 0.1) is 6.92 Å². The number of esters is 1. The summed E-state index contributed by atoms with van der Waals surface area (Å²) >= 11 is 12.3. The van der Waals surface area contributed by atoms with E-state index in [0.717, 1.165) is 5.56 Å². The second-order valence-corrected chi connectivity index (χ2v) is 8.52. The number of benzene rings is 1. The monoisotopic (exact) mass is 437 g/mol. The van der Waals surface area contributed by atoms with Gasteiger partial charge in [-0.05, 0) is 58.4 Å². The number of halogens is 2. The third-order valence-corrected chi connectivity index (χ3v) is 4.55. The Morgan fingerprint density at radius 2 is 1.86 bits per heavy atom. The van der Waals surface area contributed by atoms with Gasteiger partial charge in [-0.15, -0.1) is 0 Å². The van der Waals surface area contributed by atoms with Crippen LogP contribution in [0.2, 0.25) is 10.2 Å². The van der Waals surface area contributed by atoms with Crippen molar-refractivity contribution in [3.63, 3.8) is 0 Å². The Balaban J connectivity index is 2.04. The van der Waals surface area contributed by atoms with Crippen LogP contribution in [0.3, 0.4) is 0 Å². The van der Waals surface area contributed by atoms with Crippen molar-refractivity contribution in [2.24, 2.45) is 0 Å². The fourth-order valence-electron chi connectivity index (χ4n) is 2.51. The average Bonchev–Trinajstić information content (AvgIpc) is 2.87. The van der Waals surface area contributed by atoms with E-state index in [2.05, 4.69) is 10.4 Å². The fourth-order valence-corrected chi connectivity index (χ4v) is 2.94. The molecule has 0 spiro atoms. The van der Waals surface area contributed by atoms with Gasteiger partial charge in [0.15, 0.2) is 6.10 Å². The molecular weight excluding hydrogens is 413 g/mol. The number of aryl methyl sites for hydroxylation is 1. The Morgan fingerprint density at radius 3 is 2.45 bits per heavy atom. The van der Waals surface area contributed by atoms with Crippen molar-refractivity contribution in [3.05, 3.63) is 57.3 Å². The molecule has 1 atom stereocenters. The van der Waals surface area contributed by atoms with Gasteiger partial charge in [-0.2, -0.15) is 5.10 Å². The Bertz CT molecular complexity index is 912. The van der Waals surface area contributed by atoms with Gasteiger partial charge in [0.2, 0.25) is 0 Å². The zero-order chi connectivity index (χ0) is 21.8. The van der Waals surface area contributed by atoms with Crippen LogP contribution in [0.4, 0.5) is 0 Å². The Hall–Kier alpha value is -2.31. The van der Waals surface area contributed by atoms with Gasteiger partial charge in [0, 0.05) is 22.2 Å². The zero-order valence-corrected chi connectivity index (χ0v) is 18.6. The highest BCUT2D eigenvalue weighted by molar-refractivity contribution is 6.31. The topological polar surface area (TPSA) is 73.2 Å². The van der Waals surface area contributed by atoms with Crippen LogP contribution in [-0.2, 0) is 20.9 Å². The predicted octanol–water partition coefficient (Wildman–Crippen LogP) is 4.41. The lowest BCUT2D eigenvalue weighted by atomic mass is 10.1. The average molecular weight is 438 g/mol. The molecule has 0 aliphatic heterocycles. The van der Waals surface area contributed by atoms with Gasteiger partial charge in [-0.25, -0.2) is 9.48 Å². The molecule has 1 amide bonds. The molecule has 0 aliphatic rings. The number of aromatic nitrogens is 2. The highest BCUT2D eigenvalue weighted by Crippen LogP contribution is 2.23. The van der Waals surface area contributed by atoms with Crippen molar-refractivity contribution in [1.29, 1.82) is 0 Å². The molecule has 0 aliphatic carbocycles. The minimum Gasteiger partial charge on any atom is -0.449 e. The molecule has 8 heteroatoms. The molecule has 29 heavy (non-hydrogen) atoms. The minimum atomic E-state index is -0.907. The number of ether oxygens (including phenoxy) is 1. The first-order valence-electron chi connectivity index (χ1n) is 9.14. The molecule has 0 saturated heterocycles. The fraction of sp³-hybridized carbons (Fsp3) is 0.381. The molecule has 1 aromatic carbocycles. The SMILES string of the molecule is Cc1nn(Cc2ccc(Cl)cc2)c(Cl)c1/C=C/C(=O)OC(C)C(=O)NC(C)(C)C. The third-order valence-electron chi connectivity index (χ3n) is 3.90. The number of nitrogens with zero attached hydrogens (tertiary/aromatic N) is 2. The van der Waals surface area contributed by atoms with Crippen LogP contribution in [0.5, 0.6) is 0 Å². The van der Waals surface area contributed by atoms with Crippen molar-refractivity contribution in [2.45, 2.75) is 52.8 Å². The summed E-state index contributed by atoms with van der Waals surface area (Å²) in [7, 11) is 0. The van der Waals surface area contributed by atoms with Crippen molar-refractivity contribution in [2.75, 3.05) is 0 Å². The summed E-state index contributed by atoms with van der Waals surface area (Å²) in [6.07, 6.45) is 1.87. The molecule has 0 bridgehead atoms. The first-order valence-corrected chi connectivity index (χ1v) is 9.90. The molecule has 0 saturated carbocycles. The van der Waals surface area contributed by atoms with Gasteiger partial charge < -0.3 is 10.1 Å². The summed E-state index contributed by atoms with van der Waals surface area (Å²) in [5, 5.41) is 8.24. The number of nitrogens with one attached hydrogen (secondary N) is 1. The highest BCUT2D eigenvalue weighted by atomic mass is 35.5. The van der Waals surface area contributed by atoms with Crippen LogP contribution < -0.4 is 5.32 Å². The van der Waals surface area contributed by atoms with Gasteiger partial charge in [-0.1, -0.05) is 35.3 Å². The summed E-state index contributed by atoms with van der Waals surface area (Å²) in [6.45, 7) is 9.35. The summed E-state index contributed by atoms with van der Waals surface area (Å²) in [4.78, 5) is 24.1. The second-order valence-electron chi connectivity index (χ2n) is 7.73. The lowest BCUT2D eigenvalue weighted by molar-refractivity contribution is -0.150. The van der Waals surface area contributed by atoms with Crippen molar-refractivity contribution >= 4 is 41.2 Å². The van der Waals surface area contributed by atoms with Crippen molar-refractivity contribution < 1.29 is 14.3 Å². The van der Waals surface area contributed by atoms with Crippen LogP contribution in [0.1, 0.15) is 44.5 Å². The Morgan fingerprint density at radius 1 is 1.24 bits per heavy atom. The minimum absolute atomic E-state index is 0.357. The molecule has 0 fully saturated rings. The quantitative estimate of drug-likeness (QED) is 0.536. The maximum Gasteiger partial charge on any atom is 0.331 e. The number of carbonyl (C=O) groups excluding carboxylic acids is 2. The summed E-state index contributed by atoms with van der Waals surface area (Å²) < 4.78 is 6.80. The number of amides is 1. The zero-order valence-electron chi connectivity index (χ0n) is 17.1. The van der Waals surface area contributed by atoms with E-state index in [-0.39, 0.29) is 5.91 Å². The molecule has 1 heterocycles. The number of rotatable bonds is 6. The molecule has 0 radical (unpaired) electrons. The molecule has 1 unspecified atom stereocenters. The van der Waals surface area contributed by atoms with Crippen LogP contribution in [0.25, 0.3) is 6.08 Å². The maximum absolute atomic E-state index is 12.1. The second kappa shape index (κ2) is 9.46. The van der Waals surface area contributed by atoms with E-state index >= 15 is 0 Å².